The Balaban J connectivity index is 1.87. The summed E-state index contributed by atoms with van der Waals surface area (Å²) in [5.74, 6) is -0.522. The second-order valence-electron chi connectivity index (χ2n) is 6.45. The zero-order valence-corrected chi connectivity index (χ0v) is 16.2. The number of benzene rings is 1. The van der Waals surface area contributed by atoms with Gasteiger partial charge in [-0.15, -0.1) is 0 Å². The van der Waals surface area contributed by atoms with Gasteiger partial charge < -0.3 is 21.2 Å². The summed E-state index contributed by atoms with van der Waals surface area (Å²) in [6, 6.07) is 9.93. The number of pyridine rings is 1. The summed E-state index contributed by atoms with van der Waals surface area (Å²) < 4.78 is 0. The summed E-state index contributed by atoms with van der Waals surface area (Å²) in [5.41, 5.74) is 8.83. The van der Waals surface area contributed by atoms with Gasteiger partial charge in [0.1, 0.15) is 0 Å². The highest BCUT2D eigenvalue weighted by atomic mass is 16.6. The molecule has 0 saturated carbocycles. The highest BCUT2D eigenvalue weighted by molar-refractivity contribution is 6.04. The average molecular weight is 383 g/mol. The fraction of sp³-hybridized carbons (Fsp3) is 0.300. The number of anilines is 1. The van der Waals surface area contributed by atoms with Crippen LogP contribution in [0, 0.1) is 0 Å². The van der Waals surface area contributed by atoms with Gasteiger partial charge in [0.15, 0.2) is 0 Å². The lowest BCUT2D eigenvalue weighted by atomic mass is 10.0. The van der Waals surface area contributed by atoms with Gasteiger partial charge in [0.05, 0.1) is 5.71 Å². The van der Waals surface area contributed by atoms with Crippen molar-refractivity contribution in [1.29, 1.82) is 0 Å². The molecular weight excluding hydrogens is 358 g/mol. The minimum absolute atomic E-state index is 0.225. The van der Waals surface area contributed by atoms with E-state index in [1.54, 1.807) is 69.6 Å². The molecule has 0 aliphatic rings. The van der Waals surface area contributed by atoms with Crippen LogP contribution in [0.1, 0.15) is 42.7 Å². The van der Waals surface area contributed by atoms with Gasteiger partial charge in [-0.3, -0.25) is 14.6 Å². The van der Waals surface area contributed by atoms with Crippen LogP contribution < -0.4 is 16.4 Å². The summed E-state index contributed by atoms with van der Waals surface area (Å²) in [6.07, 6.45) is 2.50. The first-order valence-electron chi connectivity index (χ1n) is 8.88. The smallest absolute Gasteiger partial charge is 0.263 e. The molecule has 0 saturated heterocycles. The standard InChI is InChI=1S/C20H25N5O3/c1-13(2)25-28-14(3)19(26)23-12-18(21)15-4-6-16(7-5-15)20(27)24-17-8-10-22-11-9-17/h4-11,14,18H,12,21H2,1-3H3,(H,23,26)(H,22,24,27). The van der Waals surface area contributed by atoms with Crippen LogP contribution in [0.3, 0.4) is 0 Å². The van der Waals surface area contributed by atoms with E-state index in [2.05, 4.69) is 20.8 Å². The molecule has 2 unspecified atom stereocenters. The Morgan fingerprint density at radius 1 is 1.14 bits per heavy atom. The third kappa shape index (κ3) is 6.48. The molecule has 2 amide bonds. The first-order valence-corrected chi connectivity index (χ1v) is 8.88. The normalized spacial score (nSPS) is 12.4. The number of nitrogens with one attached hydrogen (secondary N) is 2. The highest BCUT2D eigenvalue weighted by Crippen LogP contribution is 2.13. The Kier molecular flexibility index (Phi) is 7.65. The molecule has 8 heteroatoms. The molecule has 2 atom stereocenters. The van der Waals surface area contributed by atoms with Crippen LogP contribution in [-0.4, -0.2) is 35.2 Å². The largest absolute Gasteiger partial charge is 0.383 e. The number of rotatable bonds is 8. The molecule has 0 fully saturated rings. The molecule has 2 aromatic rings. The Morgan fingerprint density at radius 2 is 1.79 bits per heavy atom. The van der Waals surface area contributed by atoms with E-state index in [1.165, 1.54) is 0 Å². The van der Waals surface area contributed by atoms with E-state index in [4.69, 9.17) is 10.6 Å². The lowest BCUT2D eigenvalue weighted by Crippen LogP contribution is -2.38. The predicted octanol–water partition coefficient (Wildman–Crippen LogP) is 2.25. The van der Waals surface area contributed by atoms with Crippen molar-refractivity contribution in [3.63, 3.8) is 0 Å². The quantitative estimate of drug-likeness (QED) is 0.477. The topological polar surface area (TPSA) is 119 Å². The molecule has 0 aliphatic carbocycles. The maximum atomic E-state index is 12.3. The van der Waals surface area contributed by atoms with Gasteiger partial charge in [0.2, 0.25) is 6.10 Å². The minimum Gasteiger partial charge on any atom is -0.383 e. The number of carbonyl (C=O) groups excluding carboxylic acids is 2. The van der Waals surface area contributed by atoms with Crippen LogP contribution in [0.15, 0.2) is 53.9 Å². The first kappa shape index (κ1) is 21.0. The van der Waals surface area contributed by atoms with Crippen LogP contribution in [0.5, 0.6) is 0 Å². The van der Waals surface area contributed by atoms with Crippen molar-refractivity contribution in [1.82, 2.24) is 10.3 Å². The van der Waals surface area contributed by atoms with E-state index in [9.17, 15) is 9.59 Å². The molecule has 148 valence electrons. The SMILES string of the molecule is CC(C)=NOC(C)C(=O)NCC(N)c1ccc(C(=O)Nc2ccncc2)cc1. The fourth-order valence-corrected chi connectivity index (χ4v) is 2.22. The number of hydrogen-bond acceptors (Lipinski definition) is 6. The molecule has 0 radical (unpaired) electrons. The van der Waals surface area contributed by atoms with Gasteiger partial charge in [-0.2, -0.15) is 0 Å². The molecule has 0 aliphatic heterocycles. The fourth-order valence-electron chi connectivity index (χ4n) is 2.22. The second kappa shape index (κ2) is 10.2. The zero-order chi connectivity index (χ0) is 20.5. The number of amides is 2. The third-order valence-corrected chi connectivity index (χ3v) is 3.80. The number of hydrogen-bond donors (Lipinski definition) is 3. The minimum atomic E-state index is -0.707. The van der Waals surface area contributed by atoms with Crippen LogP contribution in [-0.2, 0) is 9.63 Å². The molecule has 8 nitrogen and oxygen atoms in total. The van der Waals surface area contributed by atoms with E-state index in [0.29, 0.717) is 11.3 Å². The van der Waals surface area contributed by atoms with Crippen molar-refractivity contribution in [2.45, 2.75) is 32.9 Å². The average Bonchev–Trinajstić information content (AvgIpc) is 2.70. The van der Waals surface area contributed by atoms with Crippen LogP contribution in [0.2, 0.25) is 0 Å². The number of nitrogens with zero attached hydrogens (tertiary/aromatic N) is 2. The molecule has 4 N–H and O–H groups in total. The summed E-state index contributed by atoms with van der Waals surface area (Å²) in [5, 5.41) is 9.29. The Bertz CT molecular complexity index is 817. The third-order valence-electron chi connectivity index (χ3n) is 3.80. The van der Waals surface area contributed by atoms with E-state index < -0.39 is 12.1 Å². The summed E-state index contributed by atoms with van der Waals surface area (Å²) in [6.45, 7) is 5.41. The van der Waals surface area contributed by atoms with Gasteiger partial charge in [-0.1, -0.05) is 17.3 Å². The van der Waals surface area contributed by atoms with Gasteiger partial charge >= 0.3 is 0 Å². The molecule has 1 aromatic heterocycles. The maximum absolute atomic E-state index is 12.3. The predicted molar refractivity (Wildman–Crippen MR) is 108 cm³/mol. The summed E-state index contributed by atoms with van der Waals surface area (Å²) in [7, 11) is 0. The second-order valence-corrected chi connectivity index (χ2v) is 6.45. The number of carbonyl (C=O) groups is 2. The molecule has 28 heavy (non-hydrogen) atoms. The maximum Gasteiger partial charge on any atom is 0.263 e. The van der Waals surface area contributed by atoms with Crippen molar-refractivity contribution in [3.05, 3.63) is 59.9 Å². The van der Waals surface area contributed by atoms with Crippen molar-refractivity contribution in [2.24, 2.45) is 10.9 Å². The van der Waals surface area contributed by atoms with Crippen molar-refractivity contribution in [3.8, 4) is 0 Å². The van der Waals surface area contributed by atoms with Crippen LogP contribution in [0.4, 0.5) is 5.69 Å². The Labute approximate surface area is 164 Å². The lowest BCUT2D eigenvalue weighted by Gasteiger charge is -2.16. The van der Waals surface area contributed by atoms with Crippen molar-refractivity contribution in [2.75, 3.05) is 11.9 Å². The Hall–Kier alpha value is -3.26. The highest BCUT2D eigenvalue weighted by Gasteiger charge is 2.16. The lowest BCUT2D eigenvalue weighted by molar-refractivity contribution is -0.131. The van der Waals surface area contributed by atoms with E-state index in [1.807, 2.05) is 0 Å². The van der Waals surface area contributed by atoms with Gasteiger partial charge in [-0.25, -0.2) is 0 Å². The zero-order valence-electron chi connectivity index (χ0n) is 16.2. The van der Waals surface area contributed by atoms with Gasteiger partial charge in [-0.05, 0) is 50.6 Å². The molecule has 1 aromatic carbocycles. The molecule has 0 spiro atoms. The van der Waals surface area contributed by atoms with Gasteiger partial charge in [0, 0.05) is 36.2 Å². The van der Waals surface area contributed by atoms with E-state index >= 15 is 0 Å². The number of nitrogens with two attached hydrogens (primary N) is 1. The molecule has 0 bridgehead atoms. The van der Waals surface area contributed by atoms with Crippen LogP contribution in [0.25, 0.3) is 0 Å². The monoisotopic (exact) mass is 383 g/mol. The molecular formula is C20H25N5O3. The molecule has 1 heterocycles. The van der Waals surface area contributed by atoms with Crippen LogP contribution >= 0.6 is 0 Å². The van der Waals surface area contributed by atoms with Gasteiger partial charge in [0.25, 0.3) is 11.8 Å². The van der Waals surface area contributed by atoms with E-state index in [0.717, 1.165) is 11.3 Å². The van der Waals surface area contributed by atoms with Crippen molar-refractivity contribution < 1.29 is 14.4 Å². The molecule has 2 rings (SSSR count). The summed E-state index contributed by atoms with van der Waals surface area (Å²) >= 11 is 0. The first-order chi connectivity index (χ1) is 13.4. The number of oxime groups is 1. The van der Waals surface area contributed by atoms with Crippen molar-refractivity contribution >= 4 is 23.2 Å². The number of aromatic nitrogens is 1. The Morgan fingerprint density at radius 3 is 2.39 bits per heavy atom. The summed E-state index contributed by atoms with van der Waals surface area (Å²) in [4.78, 5) is 33.2. The van der Waals surface area contributed by atoms with E-state index in [-0.39, 0.29) is 18.4 Å².